The average Bonchev–Trinajstić information content (AvgIpc) is 2.87. The van der Waals surface area contributed by atoms with Crippen LogP contribution in [-0.4, -0.2) is 24.5 Å². The number of nitrogens with one attached hydrogen (secondary N) is 1. The van der Waals surface area contributed by atoms with Gasteiger partial charge in [0.05, 0.1) is 22.3 Å². The van der Waals surface area contributed by atoms with Crippen molar-refractivity contribution in [3.8, 4) is 11.5 Å². The number of urea groups is 1. The fraction of sp³-hybridized carbons (Fsp3) is 0.148. The van der Waals surface area contributed by atoms with E-state index in [4.69, 9.17) is 32.7 Å². The number of benzene rings is 3. The molecule has 1 saturated heterocycles. The maximum atomic E-state index is 13.1. The molecule has 1 fully saturated rings. The SMILES string of the molecule is CCCOc1ccc(N2C(=O)NC(=O)/C(=C/c3ccc(OCc4ccc(Cl)c(Cl)c4)cc3)C2=O)cc1. The molecule has 7 nitrogen and oxygen atoms in total. The molecule has 1 aliphatic rings. The molecule has 4 amide bonds. The number of halogens is 2. The number of imide groups is 2. The van der Waals surface area contributed by atoms with Gasteiger partial charge in [-0.25, -0.2) is 9.69 Å². The molecule has 1 heterocycles. The van der Waals surface area contributed by atoms with Crippen LogP contribution in [0.25, 0.3) is 6.08 Å². The number of hydrogen-bond acceptors (Lipinski definition) is 5. The summed E-state index contributed by atoms with van der Waals surface area (Å²) >= 11 is 12.0. The van der Waals surface area contributed by atoms with E-state index >= 15 is 0 Å². The van der Waals surface area contributed by atoms with Crippen LogP contribution in [0.2, 0.25) is 10.0 Å². The van der Waals surface area contributed by atoms with E-state index in [1.165, 1.54) is 6.08 Å². The van der Waals surface area contributed by atoms with Crippen LogP contribution in [0.15, 0.2) is 72.3 Å². The van der Waals surface area contributed by atoms with Gasteiger partial charge in [0.15, 0.2) is 0 Å². The summed E-state index contributed by atoms with van der Waals surface area (Å²) in [5, 5.41) is 3.14. The monoisotopic (exact) mass is 524 g/mol. The molecule has 9 heteroatoms. The Kier molecular flexibility index (Phi) is 7.93. The zero-order valence-corrected chi connectivity index (χ0v) is 20.8. The van der Waals surface area contributed by atoms with Crippen LogP contribution in [0, 0.1) is 0 Å². The van der Waals surface area contributed by atoms with E-state index in [1.54, 1.807) is 60.7 Å². The predicted molar refractivity (Wildman–Crippen MR) is 138 cm³/mol. The molecule has 0 bridgehead atoms. The Morgan fingerprint density at radius 1 is 0.861 bits per heavy atom. The van der Waals surface area contributed by atoms with Gasteiger partial charge in [0.2, 0.25) is 0 Å². The van der Waals surface area contributed by atoms with Crippen LogP contribution < -0.4 is 19.7 Å². The lowest BCUT2D eigenvalue weighted by atomic mass is 10.1. The van der Waals surface area contributed by atoms with Crippen LogP contribution in [0.5, 0.6) is 11.5 Å². The van der Waals surface area contributed by atoms with Crippen LogP contribution in [0.1, 0.15) is 24.5 Å². The lowest BCUT2D eigenvalue weighted by Crippen LogP contribution is -2.54. The van der Waals surface area contributed by atoms with E-state index in [2.05, 4.69) is 5.32 Å². The molecule has 3 aromatic rings. The van der Waals surface area contributed by atoms with Crippen molar-refractivity contribution in [3.63, 3.8) is 0 Å². The minimum absolute atomic E-state index is 0.162. The fourth-order valence-corrected chi connectivity index (χ4v) is 3.75. The van der Waals surface area contributed by atoms with Crippen molar-refractivity contribution in [3.05, 3.63) is 93.5 Å². The molecule has 0 atom stereocenters. The van der Waals surface area contributed by atoms with Crippen molar-refractivity contribution in [2.24, 2.45) is 0 Å². The third kappa shape index (κ3) is 5.87. The van der Waals surface area contributed by atoms with Gasteiger partial charge in [0.25, 0.3) is 11.8 Å². The second-order valence-corrected chi connectivity index (χ2v) is 8.72. The molecule has 184 valence electrons. The molecule has 0 spiro atoms. The molecule has 1 N–H and O–H groups in total. The quantitative estimate of drug-likeness (QED) is 0.287. The molecule has 0 aliphatic carbocycles. The molecule has 1 aliphatic heterocycles. The summed E-state index contributed by atoms with van der Waals surface area (Å²) < 4.78 is 11.3. The van der Waals surface area contributed by atoms with E-state index < -0.39 is 17.8 Å². The fourth-order valence-electron chi connectivity index (χ4n) is 3.43. The highest BCUT2D eigenvalue weighted by Crippen LogP contribution is 2.26. The topological polar surface area (TPSA) is 84.9 Å². The molecule has 4 rings (SSSR count). The summed E-state index contributed by atoms with van der Waals surface area (Å²) in [6.07, 6.45) is 2.29. The standard InChI is InChI=1S/C27H22Cl2N2O5/c1-2-13-35-20-10-6-19(7-11-20)31-26(33)22(25(32)30-27(31)34)14-17-3-8-21(9-4-17)36-16-18-5-12-23(28)24(29)15-18/h3-12,14-15H,2,13,16H2,1H3,(H,30,32,34)/b22-14-. The number of carbonyl (C=O) groups is 3. The number of ether oxygens (including phenoxy) is 2. The van der Waals surface area contributed by atoms with E-state index in [-0.39, 0.29) is 12.2 Å². The summed E-state index contributed by atoms with van der Waals surface area (Å²) in [6.45, 7) is 2.84. The zero-order valence-electron chi connectivity index (χ0n) is 19.3. The summed E-state index contributed by atoms with van der Waals surface area (Å²) in [7, 11) is 0. The lowest BCUT2D eigenvalue weighted by Gasteiger charge is -2.26. The minimum Gasteiger partial charge on any atom is -0.494 e. The molecular formula is C27H22Cl2N2O5. The maximum absolute atomic E-state index is 13.1. The molecule has 0 radical (unpaired) electrons. The molecule has 36 heavy (non-hydrogen) atoms. The third-order valence-corrected chi connectivity index (χ3v) is 5.99. The summed E-state index contributed by atoms with van der Waals surface area (Å²) in [4.78, 5) is 38.9. The van der Waals surface area contributed by atoms with Gasteiger partial charge >= 0.3 is 6.03 Å². The molecule has 0 unspecified atom stereocenters. The van der Waals surface area contributed by atoms with Gasteiger partial charge in [0.1, 0.15) is 23.7 Å². The summed E-state index contributed by atoms with van der Waals surface area (Å²) in [6, 6.07) is 17.8. The van der Waals surface area contributed by atoms with Gasteiger partial charge in [-0.2, -0.15) is 0 Å². The van der Waals surface area contributed by atoms with E-state index in [0.29, 0.717) is 39.4 Å². The Morgan fingerprint density at radius 2 is 1.53 bits per heavy atom. The van der Waals surface area contributed by atoms with Gasteiger partial charge in [0, 0.05) is 0 Å². The number of nitrogens with zero attached hydrogens (tertiary/aromatic N) is 1. The zero-order chi connectivity index (χ0) is 25.7. The predicted octanol–water partition coefficient (Wildman–Crippen LogP) is 6.03. The first-order chi connectivity index (χ1) is 17.4. The lowest BCUT2D eigenvalue weighted by molar-refractivity contribution is -0.122. The van der Waals surface area contributed by atoms with Crippen molar-refractivity contribution in [2.45, 2.75) is 20.0 Å². The molecule has 3 aromatic carbocycles. The van der Waals surface area contributed by atoms with Crippen molar-refractivity contribution in [1.82, 2.24) is 5.32 Å². The second-order valence-electron chi connectivity index (χ2n) is 7.91. The number of amides is 4. The largest absolute Gasteiger partial charge is 0.494 e. The van der Waals surface area contributed by atoms with Gasteiger partial charge in [-0.15, -0.1) is 0 Å². The Morgan fingerprint density at radius 3 is 2.19 bits per heavy atom. The average molecular weight is 525 g/mol. The number of rotatable bonds is 8. The van der Waals surface area contributed by atoms with Crippen molar-refractivity contribution >= 4 is 52.8 Å². The van der Waals surface area contributed by atoms with Gasteiger partial charge in [-0.05, 0) is 72.2 Å². The van der Waals surface area contributed by atoms with Crippen molar-refractivity contribution in [2.75, 3.05) is 11.5 Å². The van der Waals surface area contributed by atoms with Gasteiger partial charge < -0.3 is 9.47 Å². The first-order valence-electron chi connectivity index (χ1n) is 11.2. The highest BCUT2D eigenvalue weighted by Gasteiger charge is 2.36. The first-order valence-corrected chi connectivity index (χ1v) is 11.9. The van der Waals surface area contributed by atoms with Gasteiger partial charge in [-0.1, -0.05) is 48.3 Å². The Bertz CT molecular complexity index is 1320. The molecule has 0 saturated carbocycles. The van der Waals surface area contributed by atoms with Crippen molar-refractivity contribution < 1.29 is 23.9 Å². The van der Waals surface area contributed by atoms with Crippen LogP contribution in [0.4, 0.5) is 10.5 Å². The smallest absolute Gasteiger partial charge is 0.335 e. The first kappa shape index (κ1) is 25.3. The third-order valence-electron chi connectivity index (χ3n) is 5.25. The molecule has 0 aromatic heterocycles. The van der Waals surface area contributed by atoms with E-state index in [0.717, 1.165) is 16.9 Å². The van der Waals surface area contributed by atoms with Gasteiger partial charge in [-0.3, -0.25) is 14.9 Å². The van der Waals surface area contributed by atoms with E-state index in [9.17, 15) is 14.4 Å². The minimum atomic E-state index is -0.810. The number of carbonyl (C=O) groups excluding carboxylic acids is 3. The number of hydrogen-bond donors (Lipinski definition) is 1. The van der Waals surface area contributed by atoms with Crippen molar-refractivity contribution in [1.29, 1.82) is 0 Å². The highest BCUT2D eigenvalue weighted by atomic mass is 35.5. The van der Waals surface area contributed by atoms with Crippen LogP contribution in [-0.2, 0) is 16.2 Å². The normalized spacial score (nSPS) is 14.7. The highest BCUT2D eigenvalue weighted by molar-refractivity contribution is 6.42. The second kappa shape index (κ2) is 11.3. The van der Waals surface area contributed by atoms with E-state index in [1.807, 2.05) is 13.0 Å². The molecular weight excluding hydrogens is 503 g/mol. The number of barbiturate groups is 1. The van der Waals surface area contributed by atoms with Crippen LogP contribution in [0.3, 0.4) is 0 Å². The number of anilines is 1. The summed E-state index contributed by atoms with van der Waals surface area (Å²) in [5.74, 6) is -0.265. The van der Waals surface area contributed by atoms with Crippen LogP contribution >= 0.6 is 23.2 Å². The maximum Gasteiger partial charge on any atom is 0.335 e. The Balaban J connectivity index is 1.47. The Labute approximate surface area is 218 Å². The summed E-state index contributed by atoms with van der Waals surface area (Å²) in [5.41, 5.74) is 1.61. The Hall–Kier alpha value is -3.81.